The molecule has 2 saturated carbocycles. The molecule has 1 aromatic rings. The number of fused-ring (bicyclic) bond motifs is 3. The van der Waals surface area contributed by atoms with Crippen molar-refractivity contribution in [2.24, 2.45) is 40.2 Å². The minimum absolute atomic E-state index is 0.000739. The lowest BCUT2D eigenvalue weighted by molar-refractivity contribution is -0.181. The lowest BCUT2D eigenvalue weighted by Crippen LogP contribution is -2.74. The molecule has 3 aliphatic rings. The molecule has 3 unspecified atom stereocenters. The van der Waals surface area contributed by atoms with E-state index < -0.39 is 64.4 Å². The Labute approximate surface area is 259 Å². The quantitative estimate of drug-likeness (QED) is 0.267. The molecule has 11 nitrogen and oxygen atoms in total. The van der Waals surface area contributed by atoms with Crippen LogP contribution in [-0.2, 0) is 38.7 Å². The molecule has 0 aliphatic heterocycles. The smallest absolute Gasteiger partial charge is 0.235 e. The average Bonchev–Trinajstić information content (AvgIpc) is 2.86. The average molecular weight is 613 g/mol. The van der Waals surface area contributed by atoms with Crippen molar-refractivity contribution in [1.82, 2.24) is 15.5 Å². The molecule has 0 radical (unpaired) electrons. The number of Topliss-reactive ketones (excluding diaryl/α,β-unsaturated/α-hetero) is 4. The number of benzene rings is 1. The van der Waals surface area contributed by atoms with Crippen LogP contribution in [0.15, 0.2) is 6.07 Å². The zero-order chi connectivity index (χ0) is 33.1. The molecule has 0 heterocycles. The Bertz CT molecular complexity index is 1390. The number of carbonyl (C=O) groups is 5. The van der Waals surface area contributed by atoms with Gasteiger partial charge in [-0.15, -0.1) is 0 Å². The van der Waals surface area contributed by atoms with E-state index in [1.165, 1.54) is 4.90 Å². The Morgan fingerprint density at radius 3 is 2.02 bits per heavy atom. The van der Waals surface area contributed by atoms with Gasteiger partial charge >= 0.3 is 0 Å². The highest BCUT2D eigenvalue weighted by atomic mass is 16.3. The molecule has 0 spiro atoms. The lowest BCUT2D eigenvalue weighted by Gasteiger charge is -2.52. The number of likely N-dealkylation sites (N-methyl/N-ethyl adjacent to an activating group) is 1. The van der Waals surface area contributed by atoms with Gasteiger partial charge in [0.2, 0.25) is 5.91 Å². The maximum Gasteiger partial charge on any atom is 0.235 e. The first-order valence-electron chi connectivity index (χ1n) is 15.3. The van der Waals surface area contributed by atoms with Crippen LogP contribution >= 0.6 is 0 Å². The number of carbonyl (C=O) groups excluding carboxylic acids is 5. The number of hydrogen-bond acceptors (Lipinski definition) is 10. The standard InChI is InChI=1S/C33H48N4O7/c1-31(2,3)14-35-12-17-9-18(13-36-15-32(4,5)6)25(38)22-19(17)10-16-11-20-24(37(7)8)27(40)23(30(34)43)29(42)33(20,44)28(41)21(16)26(22)39/h9,16,20-21,23-24,35-36,38,44H,10-15H2,1-8H3,(H2,34,43)/t16-,20-,21?,23?,24?,33-/m1/s1. The summed E-state index contributed by atoms with van der Waals surface area (Å²) in [7, 11) is 3.14. The molecule has 6 atom stereocenters. The van der Waals surface area contributed by atoms with Gasteiger partial charge in [0.25, 0.3) is 0 Å². The molecule has 3 aliphatic carbocycles. The lowest BCUT2D eigenvalue weighted by atomic mass is 9.52. The second-order valence-electron chi connectivity index (χ2n) is 15.5. The van der Waals surface area contributed by atoms with Gasteiger partial charge in [0.05, 0.1) is 17.5 Å². The van der Waals surface area contributed by atoms with Gasteiger partial charge in [0.1, 0.15) is 5.75 Å². The summed E-state index contributed by atoms with van der Waals surface area (Å²) < 4.78 is 0. The SMILES string of the molecule is CN(C)C1C(=O)C(C(N)=O)C(=O)[C@]2(O)C(=O)C3C(=O)c4c(O)c(CNCC(C)(C)C)cc(CNCC(C)(C)C)c4C[C@@H]3C[C@H]12. The fraction of sp³-hybridized carbons (Fsp3) is 0.667. The summed E-state index contributed by atoms with van der Waals surface area (Å²) in [6.45, 7) is 14.6. The Morgan fingerprint density at radius 2 is 1.52 bits per heavy atom. The van der Waals surface area contributed by atoms with E-state index in [1.807, 2.05) is 6.07 Å². The number of phenols is 1. The molecule has 6 N–H and O–H groups in total. The van der Waals surface area contributed by atoms with Crippen molar-refractivity contribution < 1.29 is 34.2 Å². The number of nitrogens with two attached hydrogens (primary N) is 1. The molecule has 1 aromatic carbocycles. The third kappa shape index (κ3) is 5.99. The summed E-state index contributed by atoms with van der Waals surface area (Å²) in [6, 6.07) is 0.760. The summed E-state index contributed by atoms with van der Waals surface area (Å²) in [6.07, 6.45) is 0.260. The van der Waals surface area contributed by atoms with E-state index >= 15 is 0 Å². The zero-order valence-corrected chi connectivity index (χ0v) is 27.2. The van der Waals surface area contributed by atoms with Gasteiger partial charge in [0, 0.05) is 37.7 Å². The molecule has 0 aromatic heterocycles. The highest BCUT2D eigenvalue weighted by Crippen LogP contribution is 2.51. The molecule has 44 heavy (non-hydrogen) atoms. The maximum absolute atomic E-state index is 14.3. The molecule has 4 rings (SSSR count). The summed E-state index contributed by atoms with van der Waals surface area (Å²) in [5, 5.41) is 30.1. The number of nitrogens with zero attached hydrogens (tertiary/aromatic N) is 1. The minimum atomic E-state index is -2.74. The first-order valence-corrected chi connectivity index (χ1v) is 15.3. The number of aliphatic hydroxyl groups is 1. The largest absolute Gasteiger partial charge is 0.507 e. The molecular formula is C33H48N4O7. The van der Waals surface area contributed by atoms with Crippen LogP contribution in [0.4, 0.5) is 0 Å². The van der Waals surface area contributed by atoms with Crippen molar-refractivity contribution in [2.75, 3.05) is 27.2 Å². The van der Waals surface area contributed by atoms with E-state index in [1.54, 1.807) is 14.1 Å². The van der Waals surface area contributed by atoms with Gasteiger partial charge in [-0.2, -0.15) is 0 Å². The number of ketones is 4. The van der Waals surface area contributed by atoms with Crippen molar-refractivity contribution in [3.8, 4) is 5.75 Å². The van der Waals surface area contributed by atoms with Gasteiger partial charge < -0.3 is 26.6 Å². The Kier molecular flexibility index (Phi) is 9.04. The van der Waals surface area contributed by atoms with Crippen LogP contribution in [0.5, 0.6) is 5.75 Å². The summed E-state index contributed by atoms with van der Waals surface area (Å²) >= 11 is 0. The van der Waals surface area contributed by atoms with Crippen LogP contribution in [0.1, 0.15) is 75.0 Å². The molecule has 242 valence electrons. The second-order valence-corrected chi connectivity index (χ2v) is 15.5. The number of hydrogen-bond donors (Lipinski definition) is 5. The number of amides is 1. The molecule has 0 bridgehead atoms. The Hall–Kier alpha value is -2.99. The van der Waals surface area contributed by atoms with Crippen LogP contribution in [0.2, 0.25) is 0 Å². The summed E-state index contributed by atoms with van der Waals surface area (Å²) in [5.74, 6) is -10.4. The van der Waals surface area contributed by atoms with Crippen molar-refractivity contribution in [3.05, 3.63) is 28.3 Å². The van der Waals surface area contributed by atoms with Gasteiger partial charge in [-0.3, -0.25) is 28.9 Å². The van der Waals surface area contributed by atoms with Gasteiger partial charge in [-0.25, -0.2) is 0 Å². The molecular weight excluding hydrogens is 564 g/mol. The highest BCUT2D eigenvalue weighted by molar-refractivity contribution is 6.32. The second kappa shape index (κ2) is 11.7. The first-order chi connectivity index (χ1) is 20.2. The monoisotopic (exact) mass is 612 g/mol. The Balaban J connectivity index is 1.81. The molecule has 2 fully saturated rings. The van der Waals surface area contributed by atoms with E-state index in [9.17, 15) is 34.2 Å². The van der Waals surface area contributed by atoms with E-state index in [-0.39, 0.29) is 41.5 Å². The maximum atomic E-state index is 14.3. The minimum Gasteiger partial charge on any atom is -0.507 e. The third-order valence-electron chi connectivity index (χ3n) is 9.17. The van der Waals surface area contributed by atoms with E-state index in [0.29, 0.717) is 30.8 Å². The van der Waals surface area contributed by atoms with Crippen LogP contribution < -0.4 is 16.4 Å². The number of aromatic hydroxyl groups is 1. The topological polar surface area (TPSA) is 179 Å². The van der Waals surface area contributed by atoms with Crippen molar-refractivity contribution in [1.29, 1.82) is 0 Å². The van der Waals surface area contributed by atoms with E-state index in [0.717, 1.165) is 5.56 Å². The number of nitrogens with one attached hydrogen (secondary N) is 2. The summed E-state index contributed by atoms with van der Waals surface area (Å²) in [4.78, 5) is 69.0. The predicted molar refractivity (Wildman–Crippen MR) is 164 cm³/mol. The van der Waals surface area contributed by atoms with Crippen molar-refractivity contribution in [2.45, 2.75) is 79.1 Å². The molecule has 0 saturated heterocycles. The highest BCUT2D eigenvalue weighted by Gasteiger charge is 2.69. The van der Waals surface area contributed by atoms with E-state index in [2.05, 4.69) is 52.2 Å². The normalized spacial score (nSPS) is 29.0. The van der Waals surface area contributed by atoms with Crippen LogP contribution in [0.3, 0.4) is 0 Å². The predicted octanol–water partition coefficient (Wildman–Crippen LogP) is 1.14. The van der Waals surface area contributed by atoms with Crippen molar-refractivity contribution in [3.63, 3.8) is 0 Å². The molecule has 11 heteroatoms. The fourth-order valence-corrected chi connectivity index (χ4v) is 7.25. The Morgan fingerprint density at radius 1 is 0.977 bits per heavy atom. The van der Waals surface area contributed by atoms with E-state index in [4.69, 9.17) is 5.73 Å². The van der Waals surface area contributed by atoms with Crippen LogP contribution in [0.25, 0.3) is 0 Å². The van der Waals surface area contributed by atoms with Gasteiger partial charge in [0.15, 0.2) is 34.7 Å². The third-order valence-corrected chi connectivity index (χ3v) is 9.17. The molecule has 1 amide bonds. The van der Waals surface area contributed by atoms with Gasteiger partial charge in [-0.05, 0) is 60.9 Å². The number of primary amides is 1. The van der Waals surface area contributed by atoms with Crippen molar-refractivity contribution >= 4 is 29.0 Å². The first kappa shape index (κ1) is 33.9. The number of phenolic OH excluding ortho intramolecular Hbond substituents is 1. The van der Waals surface area contributed by atoms with Gasteiger partial charge in [-0.1, -0.05) is 41.5 Å². The number of rotatable bonds is 8. The van der Waals surface area contributed by atoms with Crippen LogP contribution in [0, 0.1) is 34.5 Å². The fourth-order valence-electron chi connectivity index (χ4n) is 7.25. The zero-order valence-electron chi connectivity index (χ0n) is 27.2. The van der Waals surface area contributed by atoms with Crippen LogP contribution in [-0.4, -0.2) is 83.0 Å². The summed E-state index contributed by atoms with van der Waals surface area (Å²) in [5.41, 5.74) is 4.63.